The molecule has 0 unspecified atom stereocenters. The SMILES string of the molecule is CC(=O)SCC=Cc1cc[nH]c(=O)c1. The quantitative estimate of drug-likeness (QED) is 0.823. The zero-order valence-corrected chi connectivity index (χ0v) is 8.64. The van der Waals surface area contributed by atoms with Gasteiger partial charge in [-0.3, -0.25) is 9.59 Å². The van der Waals surface area contributed by atoms with Crippen molar-refractivity contribution in [3.05, 3.63) is 40.3 Å². The van der Waals surface area contributed by atoms with E-state index in [1.807, 2.05) is 12.2 Å². The van der Waals surface area contributed by atoms with E-state index < -0.39 is 0 Å². The molecule has 1 N–H and O–H groups in total. The lowest BCUT2D eigenvalue weighted by atomic mass is 10.2. The van der Waals surface area contributed by atoms with Gasteiger partial charge in [-0.2, -0.15) is 0 Å². The van der Waals surface area contributed by atoms with Gasteiger partial charge in [-0.15, -0.1) is 0 Å². The second kappa shape index (κ2) is 5.44. The van der Waals surface area contributed by atoms with E-state index in [-0.39, 0.29) is 10.7 Å². The van der Waals surface area contributed by atoms with Crippen LogP contribution in [0.4, 0.5) is 0 Å². The van der Waals surface area contributed by atoms with Crippen LogP contribution in [0.1, 0.15) is 12.5 Å². The highest BCUT2D eigenvalue weighted by molar-refractivity contribution is 8.13. The van der Waals surface area contributed by atoms with Gasteiger partial charge in [0.05, 0.1) is 0 Å². The van der Waals surface area contributed by atoms with Gasteiger partial charge >= 0.3 is 0 Å². The number of carbonyl (C=O) groups is 1. The predicted octanol–water partition coefficient (Wildman–Crippen LogP) is 1.67. The van der Waals surface area contributed by atoms with E-state index in [1.165, 1.54) is 24.8 Å². The van der Waals surface area contributed by atoms with Crippen molar-refractivity contribution in [2.24, 2.45) is 0 Å². The molecule has 1 heterocycles. The second-order valence-electron chi connectivity index (χ2n) is 2.69. The molecule has 0 spiro atoms. The number of hydrogen-bond donors (Lipinski definition) is 1. The summed E-state index contributed by atoms with van der Waals surface area (Å²) in [6.45, 7) is 1.53. The molecule has 0 amide bonds. The molecule has 14 heavy (non-hydrogen) atoms. The van der Waals surface area contributed by atoms with E-state index in [1.54, 1.807) is 12.3 Å². The minimum absolute atomic E-state index is 0.0977. The van der Waals surface area contributed by atoms with Crippen molar-refractivity contribution in [3.63, 3.8) is 0 Å². The summed E-state index contributed by atoms with van der Waals surface area (Å²) in [4.78, 5) is 24.0. The monoisotopic (exact) mass is 209 g/mol. The highest BCUT2D eigenvalue weighted by atomic mass is 32.2. The van der Waals surface area contributed by atoms with Gasteiger partial charge in [-0.1, -0.05) is 23.9 Å². The van der Waals surface area contributed by atoms with Crippen LogP contribution in [-0.2, 0) is 4.79 Å². The number of thioether (sulfide) groups is 1. The first-order valence-electron chi connectivity index (χ1n) is 4.17. The molecule has 1 aromatic heterocycles. The average Bonchev–Trinajstić information content (AvgIpc) is 2.12. The molecule has 0 saturated carbocycles. The van der Waals surface area contributed by atoms with Gasteiger partial charge in [0, 0.05) is 24.9 Å². The van der Waals surface area contributed by atoms with E-state index in [0.717, 1.165) is 5.56 Å². The number of H-pyrrole nitrogens is 1. The van der Waals surface area contributed by atoms with E-state index >= 15 is 0 Å². The molecular formula is C10H11NO2S. The summed E-state index contributed by atoms with van der Waals surface area (Å²) in [5.41, 5.74) is 0.726. The van der Waals surface area contributed by atoms with Crippen molar-refractivity contribution >= 4 is 23.0 Å². The minimum Gasteiger partial charge on any atom is -0.329 e. The van der Waals surface area contributed by atoms with Crippen LogP contribution in [0.15, 0.2) is 29.2 Å². The van der Waals surface area contributed by atoms with Crippen molar-refractivity contribution in [1.29, 1.82) is 0 Å². The van der Waals surface area contributed by atoms with Gasteiger partial charge in [0.25, 0.3) is 0 Å². The summed E-state index contributed by atoms with van der Waals surface area (Å²) in [5.74, 6) is 0.641. The van der Waals surface area contributed by atoms with Gasteiger partial charge in [0.15, 0.2) is 5.12 Å². The molecule has 0 radical (unpaired) electrons. The Morgan fingerprint density at radius 3 is 3.07 bits per heavy atom. The Bertz CT molecular complexity index is 395. The van der Waals surface area contributed by atoms with Crippen LogP contribution in [0.2, 0.25) is 0 Å². The Hall–Kier alpha value is -1.29. The Kier molecular flexibility index (Phi) is 4.19. The summed E-state index contributed by atoms with van der Waals surface area (Å²) in [6, 6.07) is 3.31. The summed E-state index contributed by atoms with van der Waals surface area (Å²) in [6.07, 6.45) is 5.28. The molecule has 0 aliphatic rings. The third-order valence-electron chi connectivity index (χ3n) is 1.49. The van der Waals surface area contributed by atoms with Gasteiger partial charge in [-0.05, 0) is 11.6 Å². The third kappa shape index (κ3) is 4.09. The number of hydrogen-bond acceptors (Lipinski definition) is 3. The fourth-order valence-electron chi connectivity index (χ4n) is 0.915. The Morgan fingerprint density at radius 1 is 1.64 bits per heavy atom. The van der Waals surface area contributed by atoms with Crippen LogP contribution in [0.25, 0.3) is 6.08 Å². The molecule has 0 aliphatic heterocycles. The van der Waals surface area contributed by atoms with Crippen LogP contribution in [-0.4, -0.2) is 15.9 Å². The lowest BCUT2D eigenvalue weighted by Gasteiger charge is -1.91. The molecule has 1 rings (SSSR count). The average molecular weight is 209 g/mol. The van der Waals surface area contributed by atoms with Crippen molar-refractivity contribution < 1.29 is 4.79 Å². The zero-order valence-electron chi connectivity index (χ0n) is 7.82. The maximum absolute atomic E-state index is 10.9. The molecule has 4 heteroatoms. The number of carbonyl (C=O) groups excluding carboxylic acids is 1. The maximum atomic E-state index is 10.9. The first kappa shape index (κ1) is 10.8. The van der Waals surface area contributed by atoms with Gasteiger partial charge in [-0.25, -0.2) is 0 Å². The second-order valence-corrected chi connectivity index (χ2v) is 3.89. The van der Waals surface area contributed by atoms with E-state index in [0.29, 0.717) is 5.75 Å². The Labute approximate surface area is 86.2 Å². The lowest BCUT2D eigenvalue weighted by Crippen LogP contribution is -2.01. The number of aromatic nitrogens is 1. The minimum atomic E-state index is -0.119. The third-order valence-corrected chi connectivity index (χ3v) is 2.26. The molecule has 74 valence electrons. The maximum Gasteiger partial charge on any atom is 0.248 e. The van der Waals surface area contributed by atoms with Crippen LogP contribution in [0.3, 0.4) is 0 Å². The van der Waals surface area contributed by atoms with E-state index in [2.05, 4.69) is 4.98 Å². The predicted molar refractivity (Wildman–Crippen MR) is 59.2 cm³/mol. The topological polar surface area (TPSA) is 49.9 Å². The normalized spacial score (nSPS) is 10.6. The van der Waals surface area contributed by atoms with E-state index in [4.69, 9.17) is 0 Å². The fourth-order valence-corrected chi connectivity index (χ4v) is 1.34. The number of pyridine rings is 1. The summed E-state index contributed by atoms with van der Waals surface area (Å²) >= 11 is 1.24. The van der Waals surface area contributed by atoms with Crippen molar-refractivity contribution in [2.75, 3.05) is 5.75 Å². The highest BCUT2D eigenvalue weighted by Gasteiger charge is 1.90. The van der Waals surface area contributed by atoms with Crippen molar-refractivity contribution in [1.82, 2.24) is 4.98 Å². The smallest absolute Gasteiger partial charge is 0.248 e. The Morgan fingerprint density at radius 2 is 2.43 bits per heavy atom. The molecule has 0 fully saturated rings. The highest BCUT2D eigenvalue weighted by Crippen LogP contribution is 2.03. The van der Waals surface area contributed by atoms with Crippen molar-refractivity contribution in [3.8, 4) is 0 Å². The molecule has 0 aliphatic carbocycles. The zero-order chi connectivity index (χ0) is 10.4. The van der Waals surface area contributed by atoms with Gasteiger partial charge in [0.2, 0.25) is 5.56 Å². The Balaban J connectivity index is 2.52. The number of aromatic amines is 1. The van der Waals surface area contributed by atoms with Crippen LogP contribution < -0.4 is 5.56 Å². The molecule has 1 aromatic rings. The van der Waals surface area contributed by atoms with Crippen LogP contribution in [0.5, 0.6) is 0 Å². The number of rotatable bonds is 3. The molecule has 0 saturated heterocycles. The molecule has 3 nitrogen and oxygen atoms in total. The summed E-state index contributed by atoms with van der Waals surface area (Å²) in [7, 11) is 0. The molecule has 0 atom stereocenters. The van der Waals surface area contributed by atoms with E-state index in [9.17, 15) is 9.59 Å². The lowest BCUT2D eigenvalue weighted by molar-refractivity contribution is -0.109. The van der Waals surface area contributed by atoms with Crippen LogP contribution in [0, 0.1) is 0 Å². The van der Waals surface area contributed by atoms with Gasteiger partial charge in [0.1, 0.15) is 0 Å². The summed E-state index contributed by atoms with van der Waals surface area (Å²) in [5, 5.41) is 0.0977. The molecular weight excluding hydrogens is 198 g/mol. The largest absolute Gasteiger partial charge is 0.329 e. The van der Waals surface area contributed by atoms with Crippen LogP contribution >= 0.6 is 11.8 Å². The van der Waals surface area contributed by atoms with Gasteiger partial charge < -0.3 is 4.98 Å². The standard InChI is InChI=1S/C10H11NO2S/c1-8(12)14-6-2-3-9-4-5-11-10(13)7-9/h2-5,7H,6H2,1H3,(H,11,13). The first-order chi connectivity index (χ1) is 6.68. The fraction of sp³-hybridized carbons (Fsp3) is 0.200. The first-order valence-corrected chi connectivity index (χ1v) is 5.15. The number of nitrogens with one attached hydrogen (secondary N) is 1. The molecule has 0 aromatic carbocycles. The van der Waals surface area contributed by atoms with Crippen molar-refractivity contribution in [2.45, 2.75) is 6.92 Å². The summed E-state index contributed by atoms with van der Waals surface area (Å²) < 4.78 is 0. The molecule has 0 bridgehead atoms.